The highest BCUT2D eigenvalue weighted by Crippen LogP contribution is 2.46. The van der Waals surface area contributed by atoms with E-state index in [4.69, 9.17) is 31.2 Å². The van der Waals surface area contributed by atoms with Gasteiger partial charge in [0, 0.05) is 58.9 Å². The van der Waals surface area contributed by atoms with Gasteiger partial charge in [-0.1, -0.05) is 18.2 Å². The Morgan fingerprint density at radius 3 is 2.85 bits per heavy atom. The van der Waals surface area contributed by atoms with Crippen LogP contribution < -0.4 is 4.74 Å². The maximum absolute atomic E-state index is 14.5. The Labute approximate surface area is 244 Å². The molecule has 4 aromatic heterocycles. The number of hydrogen-bond donors (Lipinski definition) is 0. The molecule has 0 N–H and O–H groups in total. The lowest BCUT2D eigenvalue weighted by molar-refractivity contribution is -0.127. The van der Waals surface area contributed by atoms with Crippen molar-refractivity contribution >= 4 is 38.9 Å². The maximum atomic E-state index is 14.5. The van der Waals surface area contributed by atoms with E-state index in [1.165, 1.54) is 18.2 Å². The van der Waals surface area contributed by atoms with Crippen LogP contribution >= 0.6 is 22.9 Å². The molecule has 6 rings (SSSR count). The summed E-state index contributed by atoms with van der Waals surface area (Å²) in [6, 6.07) is 10.3. The number of aromatic nitrogens is 4. The van der Waals surface area contributed by atoms with Crippen molar-refractivity contribution in [3.8, 4) is 39.5 Å². The molecular weight excluding hydrogens is 565 g/mol. The summed E-state index contributed by atoms with van der Waals surface area (Å²) in [6.07, 6.45) is 4.62. The second-order valence-corrected chi connectivity index (χ2v) is 10.8. The third kappa shape index (κ3) is 5.21. The molecule has 8 nitrogen and oxygen atoms in total. The van der Waals surface area contributed by atoms with Crippen molar-refractivity contribution in [2.24, 2.45) is 0 Å². The highest BCUT2D eigenvalue weighted by atomic mass is 35.5. The Balaban J connectivity index is 1.59. The molecule has 1 aliphatic rings. The van der Waals surface area contributed by atoms with E-state index in [2.05, 4.69) is 11.6 Å². The zero-order chi connectivity index (χ0) is 28.5. The molecule has 11 heteroatoms. The number of halogens is 2. The van der Waals surface area contributed by atoms with Crippen molar-refractivity contribution in [2.45, 2.75) is 13.1 Å². The molecule has 41 heavy (non-hydrogen) atoms. The summed E-state index contributed by atoms with van der Waals surface area (Å²) in [4.78, 5) is 23.5. The molecule has 5 heterocycles. The van der Waals surface area contributed by atoms with E-state index >= 15 is 0 Å². The molecule has 0 bridgehead atoms. The molecule has 0 unspecified atom stereocenters. The van der Waals surface area contributed by atoms with Crippen molar-refractivity contribution in [2.75, 3.05) is 26.9 Å². The van der Waals surface area contributed by atoms with Crippen LogP contribution in [0.2, 0.25) is 5.02 Å². The van der Waals surface area contributed by atoms with Crippen LogP contribution in [0.25, 0.3) is 43.9 Å². The minimum atomic E-state index is -0.413. The van der Waals surface area contributed by atoms with Crippen molar-refractivity contribution in [3.05, 3.63) is 83.4 Å². The van der Waals surface area contributed by atoms with E-state index in [-0.39, 0.29) is 12.5 Å². The fraction of sp³-hybridized carbons (Fsp3) is 0.200. The van der Waals surface area contributed by atoms with E-state index in [1.807, 2.05) is 28.3 Å². The van der Waals surface area contributed by atoms with Crippen molar-refractivity contribution in [1.82, 2.24) is 24.6 Å². The second kappa shape index (κ2) is 11.4. The van der Waals surface area contributed by atoms with Gasteiger partial charge in [0.1, 0.15) is 29.6 Å². The molecule has 5 aromatic rings. The van der Waals surface area contributed by atoms with Crippen LogP contribution in [-0.2, 0) is 22.6 Å². The fourth-order valence-corrected chi connectivity index (χ4v) is 6.11. The molecule has 0 radical (unpaired) electrons. The van der Waals surface area contributed by atoms with Crippen LogP contribution in [0.5, 0.6) is 5.75 Å². The third-order valence-electron chi connectivity index (χ3n) is 6.87. The Kier molecular flexibility index (Phi) is 7.53. The fourth-order valence-electron chi connectivity index (χ4n) is 4.98. The Hall–Kier alpha value is -4.12. The van der Waals surface area contributed by atoms with Gasteiger partial charge in [0.05, 0.1) is 36.1 Å². The van der Waals surface area contributed by atoms with Crippen LogP contribution in [0.15, 0.2) is 66.8 Å². The van der Waals surface area contributed by atoms with Crippen LogP contribution in [0.3, 0.4) is 0 Å². The van der Waals surface area contributed by atoms with Crippen LogP contribution in [0.1, 0.15) is 5.69 Å². The molecule has 0 atom stereocenters. The number of nitrogens with zero attached hydrogens (tertiary/aromatic N) is 5. The molecule has 1 amide bonds. The van der Waals surface area contributed by atoms with Crippen molar-refractivity contribution in [3.63, 3.8) is 0 Å². The van der Waals surface area contributed by atoms with Crippen LogP contribution in [0.4, 0.5) is 4.39 Å². The van der Waals surface area contributed by atoms with Crippen LogP contribution in [-0.4, -0.2) is 57.4 Å². The van der Waals surface area contributed by atoms with E-state index in [0.717, 1.165) is 26.9 Å². The zero-order valence-corrected chi connectivity index (χ0v) is 23.7. The molecular formula is C30H25ClFN5O3S. The lowest BCUT2D eigenvalue weighted by Crippen LogP contribution is -2.37. The number of carbonyl (C=O) groups excluding carboxylic acids is 1. The molecule has 0 aliphatic carbocycles. The average molecular weight is 590 g/mol. The molecule has 0 saturated carbocycles. The average Bonchev–Trinajstić information content (AvgIpc) is 3.64. The number of fused-ring (bicyclic) bond motifs is 2. The number of pyridine rings is 2. The first kappa shape index (κ1) is 27.1. The Bertz CT molecular complexity index is 1790. The minimum absolute atomic E-state index is 0.127. The summed E-state index contributed by atoms with van der Waals surface area (Å²) in [5.74, 6) is -0.162. The Morgan fingerprint density at radius 2 is 2.05 bits per heavy atom. The zero-order valence-electron chi connectivity index (χ0n) is 22.1. The molecule has 208 valence electrons. The predicted molar refractivity (Wildman–Crippen MR) is 157 cm³/mol. The highest BCUT2D eigenvalue weighted by molar-refractivity contribution is 7.18. The quantitative estimate of drug-likeness (QED) is 0.157. The van der Waals surface area contributed by atoms with E-state index in [1.54, 1.807) is 41.8 Å². The summed E-state index contributed by atoms with van der Waals surface area (Å²) in [5.41, 5.74) is 5.02. The number of ether oxygens (including phenoxy) is 2. The smallest absolute Gasteiger partial charge is 0.246 e. The number of methoxy groups -OCH3 is 1. The van der Waals surface area contributed by atoms with Gasteiger partial charge in [-0.3, -0.25) is 14.5 Å². The largest absolute Gasteiger partial charge is 0.490 e. The van der Waals surface area contributed by atoms with E-state index in [0.29, 0.717) is 59.7 Å². The highest BCUT2D eigenvalue weighted by Gasteiger charge is 2.26. The van der Waals surface area contributed by atoms with Gasteiger partial charge in [-0.15, -0.1) is 11.3 Å². The summed E-state index contributed by atoms with van der Waals surface area (Å²) in [7, 11) is 1.58. The van der Waals surface area contributed by atoms with Crippen molar-refractivity contribution < 1.29 is 18.7 Å². The van der Waals surface area contributed by atoms with Gasteiger partial charge in [0.2, 0.25) is 5.91 Å². The number of hydrogen-bond acceptors (Lipinski definition) is 7. The summed E-state index contributed by atoms with van der Waals surface area (Å²) in [6.45, 7) is 5.69. The molecule has 1 aliphatic heterocycles. The van der Waals surface area contributed by atoms with Crippen LogP contribution in [0, 0.1) is 5.82 Å². The van der Waals surface area contributed by atoms with Gasteiger partial charge >= 0.3 is 0 Å². The van der Waals surface area contributed by atoms with E-state index in [9.17, 15) is 9.18 Å². The minimum Gasteiger partial charge on any atom is -0.490 e. The lowest BCUT2D eigenvalue weighted by Gasteiger charge is -2.26. The molecule has 0 spiro atoms. The van der Waals surface area contributed by atoms with Gasteiger partial charge < -0.3 is 14.4 Å². The first-order valence-electron chi connectivity index (χ1n) is 12.9. The van der Waals surface area contributed by atoms with Gasteiger partial charge in [0.15, 0.2) is 0 Å². The summed E-state index contributed by atoms with van der Waals surface area (Å²) >= 11 is 7.86. The van der Waals surface area contributed by atoms with Gasteiger partial charge in [-0.05, 0) is 41.8 Å². The monoisotopic (exact) mass is 589 g/mol. The molecule has 0 saturated heterocycles. The molecule has 1 aromatic carbocycles. The first-order chi connectivity index (χ1) is 20.0. The van der Waals surface area contributed by atoms with Gasteiger partial charge in [-0.2, -0.15) is 5.10 Å². The Morgan fingerprint density at radius 1 is 1.17 bits per heavy atom. The number of benzene rings is 1. The van der Waals surface area contributed by atoms with E-state index < -0.39 is 5.82 Å². The SMILES string of the molecule is C=CC(=O)N1CCn2nc(-c3nc(-c4cncc(Cl)c4)c4ccsc4c3-c3ccc(F)cc3OCCOC)cc2C1. The van der Waals surface area contributed by atoms with Gasteiger partial charge in [-0.25, -0.2) is 9.37 Å². The number of thiophene rings is 1. The van der Waals surface area contributed by atoms with Crippen molar-refractivity contribution in [1.29, 1.82) is 0 Å². The predicted octanol–water partition coefficient (Wildman–Crippen LogP) is 6.23. The standard InChI is InChI=1S/C30H25ClFN5O3S/c1-3-26(38)36-7-8-37-21(17-36)14-24(35-37)29-27(22-5-4-20(32)13-25(22)40-10-9-39-2)30-23(6-11-41-30)28(34-29)18-12-19(31)16-33-15-18/h3-6,11-16H,1,7-10,17H2,2H3. The topological polar surface area (TPSA) is 82.4 Å². The maximum Gasteiger partial charge on any atom is 0.246 e. The lowest BCUT2D eigenvalue weighted by atomic mass is 9.97. The second-order valence-electron chi connectivity index (χ2n) is 9.43. The number of rotatable bonds is 8. The molecule has 0 fully saturated rings. The summed E-state index contributed by atoms with van der Waals surface area (Å²) in [5, 5.41) is 8.30. The third-order valence-corrected chi connectivity index (χ3v) is 8.01. The first-order valence-corrected chi connectivity index (χ1v) is 14.1. The normalized spacial score (nSPS) is 12.9. The number of carbonyl (C=O) groups is 1. The summed E-state index contributed by atoms with van der Waals surface area (Å²) < 4.78 is 28.4. The number of amides is 1. The van der Waals surface area contributed by atoms with Gasteiger partial charge in [0.25, 0.3) is 0 Å².